The van der Waals surface area contributed by atoms with Gasteiger partial charge in [0.2, 0.25) is 6.79 Å². The first-order valence-electron chi connectivity index (χ1n) is 8.54. The van der Waals surface area contributed by atoms with Gasteiger partial charge in [-0.15, -0.1) is 0 Å². The van der Waals surface area contributed by atoms with Crippen molar-refractivity contribution in [3.8, 4) is 23.0 Å². The van der Waals surface area contributed by atoms with Gasteiger partial charge in [0.15, 0.2) is 35.4 Å². The van der Waals surface area contributed by atoms with Crippen molar-refractivity contribution in [3.05, 3.63) is 47.5 Å². The Morgan fingerprint density at radius 1 is 1.07 bits per heavy atom. The second-order valence-corrected chi connectivity index (χ2v) is 6.00. The molecule has 7 nitrogen and oxygen atoms in total. The van der Waals surface area contributed by atoms with Crippen LogP contribution in [0.2, 0.25) is 0 Å². The molecule has 1 amide bonds. The van der Waals surface area contributed by atoms with E-state index in [-0.39, 0.29) is 25.1 Å². The van der Waals surface area contributed by atoms with Crippen molar-refractivity contribution in [1.82, 2.24) is 5.32 Å². The minimum Gasteiger partial charge on any atom is -0.493 e. The van der Waals surface area contributed by atoms with Crippen LogP contribution in [-0.2, 0) is 11.2 Å². The number of hydrogen-bond donors (Lipinski definition) is 1. The molecule has 7 heteroatoms. The number of rotatable bonds is 8. The summed E-state index contributed by atoms with van der Waals surface area (Å²) in [6.07, 6.45) is 0.666. The number of hydrogen-bond acceptors (Lipinski definition) is 6. The van der Waals surface area contributed by atoms with Gasteiger partial charge in [0, 0.05) is 12.1 Å². The van der Waals surface area contributed by atoms with Crippen LogP contribution in [0.15, 0.2) is 36.4 Å². The number of ether oxygens (including phenoxy) is 4. The van der Waals surface area contributed by atoms with Gasteiger partial charge in [-0.1, -0.05) is 6.07 Å². The average molecular weight is 371 g/mol. The van der Waals surface area contributed by atoms with Crippen molar-refractivity contribution in [1.29, 1.82) is 0 Å². The van der Waals surface area contributed by atoms with Crippen molar-refractivity contribution in [2.24, 2.45) is 0 Å². The van der Waals surface area contributed by atoms with Crippen LogP contribution in [0.1, 0.15) is 22.8 Å². The lowest BCUT2D eigenvalue weighted by atomic mass is 10.1. The Morgan fingerprint density at radius 3 is 2.67 bits per heavy atom. The quantitative estimate of drug-likeness (QED) is 0.718. The Hall–Kier alpha value is -3.22. The standard InChI is InChI=1S/C20H21NO6/c1-13(22)15-4-6-16(18(10-15)24-2)25-11-20(23)21-8-7-14-3-5-17-19(9-14)27-12-26-17/h3-6,9-10H,7-8,11-12H2,1-2H3,(H,21,23). The molecule has 0 saturated heterocycles. The smallest absolute Gasteiger partial charge is 0.257 e. The van der Waals surface area contributed by atoms with Gasteiger partial charge in [-0.3, -0.25) is 9.59 Å². The van der Waals surface area contributed by atoms with Gasteiger partial charge in [0.05, 0.1) is 7.11 Å². The lowest BCUT2D eigenvalue weighted by molar-refractivity contribution is -0.123. The van der Waals surface area contributed by atoms with Gasteiger partial charge < -0.3 is 24.3 Å². The minimum atomic E-state index is -0.242. The lowest BCUT2D eigenvalue weighted by Crippen LogP contribution is -2.30. The third-order valence-corrected chi connectivity index (χ3v) is 4.10. The molecule has 2 aromatic carbocycles. The molecule has 0 aliphatic carbocycles. The number of amides is 1. The minimum absolute atomic E-state index is 0.0684. The predicted molar refractivity (Wildman–Crippen MR) is 97.8 cm³/mol. The fourth-order valence-corrected chi connectivity index (χ4v) is 2.64. The first-order chi connectivity index (χ1) is 13.1. The average Bonchev–Trinajstić information content (AvgIpc) is 3.14. The van der Waals surface area contributed by atoms with Gasteiger partial charge in [0.25, 0.3) is 5.91 Å². The molecule has 0 atom stereocenters. The molecule has 3 rings (SSSR count). The zero-order chi connectivity index (χ0) is 19.2. The maximum atomic E-state index is 12.0. The summed E-state index contributed by atoms with van der Waals surface area (Å²) in [5.74, 6) is 1.98. The molecule has 0 radical (unpaired) electrons. The highest BCUT2D eigenvalue weighted by Gasteiger charge is 2.13. The van der Waals surface area contributed by atoms with Gasteiger partial charge in [0.1, 0.15) is 0 Å². The van der Waals surface area contributed by atoms with Crippen molar-refractivity contribution < 1.29 is 28.5 Å². The fourth-order valence-electron chi connectivity index (χ4n) is 2.64. The van der Waals surface area contributed by atoms with Gasteiger partial charge in [-0.25, -0.2) is 0 Å². The molecule has 142 valence electrons. The van der Waals surface area contributed by atoms with Crippen LogP contribution in [0.3, 0.4) is 0 Å². The Kier molecular flexibility index (Phi) is 5.80. The largest absolute Gasteiger partial charge is 0.493 e. The van der Waals surface area contributed by atoms with Crippen LogP contribution < -0.4 is 24.3 Å². The summed E-state index contributed by atoms with van der Waals surface area (Å²) in [5.41, 5.74) is 1.56. The molecule has 0 bridgehead atoms. The monoisotopic (exact) mass is 371 g/mol. The van der Waals surface area contributed by atoms with Crippen LogP contribution in [0.5, 0.6) is 23.0 Å². The van der Waals surface area contributed by atoms with E-state index in [4.69, 9.17) is 18.9 Å². The summed E-state index contributed by atoms with van der Waals surface area (Å²) in [5, 5.41) is 2.81. The molecule has 0 fully saturated rings. The number of benzene rings is 2. The number of fused-ring (bicyclic) bond motifs is 1. The van der Waals surface area contributed by atoms with E-state index >= 15 is 0 Å². The molecule has 0 aromatic heterocycles. The second kappa shape index (κ2) is 8.44. The molecule has 0 unspecified atom stereocenters. The van der Waals surface area contributed by atoms with Crippen molar-refractivity contribution in [3.63, 3.8) is 0 Å². The highest BCUT2D eigenvalue weighted by atomic mass is 16.7. The Morgan fingerprint density at radius 2 is 1.89 bits per heavy atom. The summed E-state index contributed by atoms with van der Waals surface area (Å²) in [4.78, 5) is 23.4. The fraction of sp³-hybridized carbons (Fsp3) is 0.300. The number of ketones is 1. The summed E-state index contributed by atoms with van der Waals surface area (Å²) < 4.78 is 21.3. The first kappa shape index (κ1) is 18.6. The Balaban J connectivity index is 1.46. The van der Waals surface area contributed by atoms with Crippen LogP contribution in [0.4, 0.5) is 0 Å². The topological polar surface area (TPSA) is 83.1 Å². The summed E-state index contributed by atoms with van der Waals surface area (Å²) in [6, 6.07) is 10.6. The lowest BCUT2D eigenvalue weighted by Gasteiger charge is -2.12. The maximum absolute atomic E-state index is 12.0. The Labute approximate surface area is 157 Å². The molecule has 1 aliphatic heterocycles. The number of nitrogens with one attached hydrogen (secondary N) is 1. The third kappa shape index (κ3) is 4.69. The highest BCUT2D eigenvalue weighted by Crippen LogP contribution is 2.32. The Bertz CT molecular complexity index is 848. The van der Waals surface area contributed by atoms with Crippen LogP contribution in [-0.4, -0.2) is 38.7 Å². The molecule has 27 heavy (non-hydrogen) atoms. The summed E-state index contributed by atoms with van der Waals surface area (Å²) >= 11 is 0. The van der Waals surface area contributed by atoms with E-state index in [0.29, 0.717) is 30.0 Å². The van der Waals surface area contributed by atoms with E-state index in [9.17, 15) is 9.59 Å². The number of Topliss-reactive ketones (excluding diaryl/α,β-unsaturated/α-hetero) is 1. The van der Waals surface area contributed by atoms with E-state index in [1.807, 2.05) is 18.2 Å². The zero-order valence-electron chi connectivity index (χ0n) is 15.2. The molecule has 2 aromatic rings. The third-order valence-electron chi connectivity index (χ3n) is 4.10. The van der Waals surface area contributed by atoms with Crippen molar-refractivity contribution in [2.75, 3.05) is 27.1 Å². The van der Waals surface area contributed by atoms with E-state index in [1.54, 1.807) is 18.2 Å². The predicted octanol–water partition coefficient (Wildman–Crippen LogP) is 2.36. The van der Waals surface area contributed by atoms with E-state index < -0.39 is 0 Å². The van der Waals surface area contributed by atoms with Crippen molar-refractivity contribution in [2.45, 2.75) is 13.3 Å². The first-order valence-corrected chi connectivity index (χ1v) is 8.54. The van der Waals surface area contributed by atoms with E-state index in [0.717, 1.165) is 17.1 Å². The normalized spacial score (nSPS) is 11.8. The molecule has 1 heterocycles. The zero-order valence-corrected chi connectivity index (χ0v) is 15.2. The van der Waals surface area contributed by atoms with E-state index in [2.05, 4.69) is 5.32 Å². The highest BCUT2D eigenvalue weighted by molar-refractivity contribution is 5.94. The molecule has 1 aliphatic rings. The van der Waals surface area contributed by atoms with Gasteiger partial charge in [-0.2, -0.15) is 0 Å². The summed E-state index contributed by atoms with van der Waals surface area (Å²) in [7, 11) is 1.48. The van der Waals surface area contributed by atoms with Crippen molar-refractivity contribution >= 4 is 11.7 Å². The van der Waals surface area contributed by atoms with Crippen LogP contribution in [0.25, 0.3) is 0 Å². The molecule has 0 saturated carbocycles. The maximum Gasteiger partial charge on any atom is 0.257 e. The van der Waals surface area contributed by atoms with E-state index in [1.165, 1.54) is 14.0 Å². The van der Waals surface area contributed by atoms with Crippen LogP contribution in [0, 0.1) is 0 Å². The molecular weight excluding hydrogens is 350 g/mol. The molecular formula is C20H21NO6. The van der Waals surface area contributed by atoms with Crippen LogP contribution >= 0.6 is 0 Å². The molecule has 0 spiro atoms. The summed E-state index contributed by atoms with van der Waals surface area (Å²) in [6.45, 7) is 2.05. The van der Waals surface area contributed by atoms with Gasteiger partial charge >= 0.3 is 0 Å². The second-order valence-electron chi connectivity index (χ2n) is 6.00. The number of carbonyl (C=O) groups excluding carboxylic acids is 2. The number of methoxy groups -OCH3 is 1. The SMILES string of the molecule is COc1cc(C(C)=O)ccc1OCC(=O)NCCc1ccc2c(c1)OCO2. The molecule has 1 N–H and O–H groups in total. The van der Waals surface area contributed by atoms with Gasteiger partial charge in [-0.05, 0) is 49.2 Å². The number of carbonyl (C=O) groups is 2.